The fourth-order valence-electron chi connectivity index (χ4n) is 0.902. The molecule has 0 N–H and O–H groups in total. The van der Waals surface area contributed by atoms with Crippen molar-refractivity contribution in [2.24, 2.45) is 0 Å². The van der Waals surface area contributed by atoms with Crippen LogP contribution in [0.2, 0.25) is 0 Å². The fourth-order valence-corrected chi connectivity index (χ4v) is 1.55. The van der Waals surface area contributed by atoms with Crippen LogP contribution in [-0.4, -0.2) is 45.6 Å². The molecule has 0 aromatic carbocycles. The topological polar surface area (TPSA) is 9.23 Å². The fraction of sp³-hybridized carbons (Fsp3) is 1.00. The Kier molecular flexibility index (Phi) is 5.35. The van der Waals surface area contributed by atoms with Crippen LogP contribution >= 0.6 is 0 Å². The summed E-state index contributed by atoms with van der Waals surface area (Å²) in [5.41, 5.74) is 0.675. The Balaban J connectivity index is 0.000000490. The van der Waals surface area contributed by atoms with E-state index in [-0.39, 0.29) is 23.1 Å². The SMILES string of the molecule is [MgH2].[SiH3]C1CCCCO1. The van der Waals surface area contributed by atoms with Gasteiger partial charge in [0.25, 0.3) is 0 Å². The minimum Gasteiger partial charge on any atom is -0.383 e. The van der Waals surface area contributed by atoms with Crippen molar-refractivity contribution in [3.8, 4) is 0 Å². The van der Waals surface area contributed by atoms with Gasteiger partial charge in [0.15, 0.2) is 0 Å². The van der Waals surface area contributed by atoms with Gasteiger partial charge in [-0.05, 0) is 19.3 Å². The third-order valence-electron chi connectivity index (χ3n) is 1.41. The Morgan fingerprint density at radius 3 is 2.38 bits per heavy atom. The first-order valence-corrected chi connectivity index (χ1v) is 4.16. The van der Waals surface area contributed by atoms with Gasteiger partial charge in [-0.1, -0.05) is 0 Å². The van der Waals surface area contributed by atoms with Crippen molar-refractivity contribution in [2.75, 3.05) is 6.61 Å². The molecular weight excluding hydrogens is 128 g/mol. The van der Waals surface area contributed by atoms with Crippen LogP contribution in [0, 0.1) is 0 Å². The molecule has 1 aliphatic rings. The summed E-state index contributed by atoms with van der Waals surface area (Å²) in [7, 11) is 1.23. The maximum atomic E-state index is 5.34. The normalized spacial score (nSPS) is 29.2. The summed E-state index contributed by atoms with van der Waals surface area (Å²) in [6.45, 7) is 1.02. The molecule has 1 fully saturated rings. The minimum absolute atomic E-state index is 0. The molecule has 46 valence electrons. The Bertz CT molecular complexity index is 54.4. The second-order valence-electron chi connectivity index (χ2n) is 2.18. The van der Waals surface area contributed by atoms with Crippen LogP contribution < -0.4 is 0 Å². The van der Waals surface area contributed by atoms with Crippen molar-refractivity contribution >= 4 is 33.3 Å². The van der Waals surface area contributed by atoms with Gasteiger partial charge in [-0.15, -0.1) is 0 Å². The van der Waals surface area contributed by atoms with Crippen molar-refractivity contribution in [2.45, 2.75) is 25.0 Å². The zero-order valence-electron chi connectivity index (χ0n) is 4.81. The highest BCUT2D eigenvalue weighted by Gasteiger charge is 2.05. The summed E-state index contributed by atoms with van der Waals surface area (Å²) >= 11 is 0. The molecule has 1 unspecified atom stereocenters. The lowest BCUT2D eigenvalue weighted by Crippen LogP contribution is -2.18. The molecule has 3 heteroatoms. The molecule has 0 aromatic rings. The molecule has 0 bridgehead atoms. The average Bonchev–Trinajstić information content (AvgIpc) is 1.69. The molecule has 0 spiro atoms. The molecule has 1 atom stereocenters. The van der Waals surface area contributed by atoms with E-state index in [0.29, 0.717) is 5.73 Å². The predicted molar refractivity (Wildman–Crippen MR) is 42.1 cm³/mol. The van der Waals surface area contributed by atoms with Gasteiger partial charge < -0.3 is 4.74 Å². The molecule has 1 nitrogen and oxygen atoms in total. The van der Waals surface area contributed by atoms with Crippen molar-refractivity contribution in [1.82, 2.24) is 0 Å². The Labute approximate surface area is 69.7 Å². The molecular formula is C5H14MgOSi. The van der Waals surface area contributed by atoms with E-state index in [0.717, 1.165) is 6.61 Å². The molecule has 0 aromatic heterocycles. The van der Waals surface area contributed by atoms with Crippen molar-refractivity contribution in [3.63, 3.8) is 0 Å². The quantitative estimate of drug-likeness (QED) is 0.393. The molecule has 1 aliphatic heterocycles. The molecule has 0 radical (unpaired) electrons. The second kappa shape index (κ2) is 4.79. The maximum Gasteiger partial charge on any atom is 0.316 e. The van der Waals surface area contributed by atoms with Gasteiger partial charge in [-0.2, -0.15) is 0 Å². The first-order chi connectivity index (χ1) is 3.39. The van der Waals surface area contributed by atoms with E-state index in [1.165, 1.54) is 29.5 Å². The van der Waals surface area contributed by atoms with Crippen LogP contribution in [0.3, 0.4) is 0 Å². The smallest absolute Gasteiger partial charge is 0.316 e. The lowest BCUT2D eigenvalue weighted by Gasteiger charge is -2.17. The van der Waals surface area contributed by atoms with Crippen LogP contribution in [0.15, 0.2) is 0 Å². The van der Waals surface area contributed by atoms with Gasteiger partial charge in [0.1, 0.15) is 0 Å². The molecule has 0 aliphatic carbocycles. The first-order valence-electron chi connectivity index (χ1n) is 3.01. The van der Waals surface area contributed by atoms with Gasteiger partial charge >= 0.3 is 23.1 Å². The van der Waals surface area contributed by atoms with Crippen molar-refractivity contribution in [3.05, 3.63) is 0 Å². The summed E-state index contributed by atoms with van der Waals surface area (Å²) in [5.74, 6) is 0. The number of ether oxygens (including phenoxy) is 1. The number of hydrogen-bond acceptors (Lipinski definition) is 1. The number of hydrogen-bond donors (Lipinski definition) is 0. The summed E-state index contributed by atoms with van der Waals surface area (Å²) in [4.78, 5) is 0. The maximum absolute atomic E-state index is 5.34. The second-order valence-corrected chi connectivity index (χ2v) is 3.47. The number of rotatable bonds is 0. The zero-order chi connectivity index (χ0) is 5.11. The monoisotopic (exact) mass is 142 g/mol. The Morgan fingerprint density at radius 2 is 2.12 bits per heavy atom. The third-order valence-corrected chi connectivity index (χ3v) is 2.32. The van der Waals surface area contributed by atoms with E-state index < -0.39 is 0 Å². The Morgan fingerprint density at radius 1 is 1.38 bits per heavy atom. The third kappa shape index (κ3) is 3.07. The van der Waals surface area contributed by atoms with Crippen LogP contribution in [0.1, 0.15) is 19.3 Å². The molecule has 1 rings (SSSR count). The van der Waals surface area contributed by atoms with Crippen molar-refractivity contribution in [1.29, 1.82) is 0 Å². The lowest BCUT2D eigenvalue weighted by molar-refractivity contribution is 0.0675. The van der Waals surface area contributed by atoms with E-state index in [1.807, 2.05) is 0 Å². The van der Waals surface area contributed by atoms with Crippen LogP contribution in [0.5, 0.6) is 0 Å². The van der Waals surface area contributed by atoms with E-state index in [2.05, 4.69) is 0 Å². The highest BCUT2D eigenvalue weighted by molar-refractivity contribution is 6.10. The van der Waals surface area contributed by atoms with Gasteiger partial charge in [-0.3, -0.25) is 0 Å². The molecule has 8 heavy (non-hydrogen) atoms. The van der Waals surface area contributed by atoms with Gasteiger partial charge in [-0.25, -0.2) is 0 Å². The highest BCUT2D eigenvalue weighted by Crippen LogP contribution is 2.08. The van der Waals surface area contributed by atoms with Crippen LogP contribution in [0.25, 0.3) is 0 Å². The average molecular weight is 143 g/mol. The van der Waals surface area contributed by atoms with Gasteiger partial charge in [0, 0.05) is 22.6 Å². The molecule has 0 saturated carbocycles. The molecule has 1 saturated heterocycles. The zero-order valence-corrected chi connectivity index (χ0v) is 6.81. The largest absolute Gasteiger partial charge is 0.383 e. The van der Waals surface area contributed by atoms with Gasteiger partial charge in [0.05, 0.1) is 0 Å². The van der Waals surface area contributed by atoms with Gasteiger partial charge in [0.2, 0.25) is 0 Å². The lowest BCUT2D eigenvalue weighted by atomic mass is 10.2. The molecule has 0 amide bonds. The van der Waals surface area contributed by atoms with Crippen LogP contribution in [0.4, 0.5) is 0 Å². The predicted octanol–water partition coefficient (Wildman–Crippen LogP) is -1.04. The standard InChI is InChI=1S/C5H12OSi.Mg.2H/c7-5-3-1-2-4-6-5;;;/h5H,1-4H2,7H3;;;. The minimum atomic E-state index is 0. The summed E-state index contributed by atoms with van der Waals surface area (Å²) in [5, 5.41) is 0. The highest BCUT2D eigenvalue weighted by atomic mass is 28.1. The first kappa shape index (κ1) is 8.94. The van der Waals surface area contributed by atoms with E-state index in [4.69, 9.17) is 4.74 Å². The molecule has 1 heterocycles. The summed E-state index contributed by atoms with van der Waals surface area (Å²) in [6, 6.07) is 0. The summed E-state index contributed by atoms with van der Waals surface area (Å²) < 4.78 is 5.34. The van der Waals surface area contributed by atoms with Crippen LogP contribution in [-0.2, 0) is 4.74 Å². The van der Waals surface area contributed by atoms with E-state index >= 15 is 0 Å². The van der Waals surface area contributed by atoms with Crippen molar-refractivity contribution < 1.29 is 4.74 Å². The van der Waals surface area contributed by atoms with E-state index in [1.54, 1.807) is 0 Å². The van der Waals surface area contributed by atoms with E-state index in [9.17, 15) is 0 Å². The Hall–Kier alpha value is 0.943. The summed E-state index contributed by atoms with van der Waals surface area (Å²) in [6.07, 6.45) is 4.01.